The fourth-order valence-corrected chi connectivity index (χ4v) is 2.15. The van der Waals surface area contributed by atoms with Crippen molar-refractivity contribution in [1.29, 1.82) is 0 Å². The summed E-state index contributed by atoms with van der Waals surface area (Å²) in [6.07, 6.45) is 2.22. The maximum atomic E-state index is 13.8. The molecule has 0 aromatic heterocycles. The molecule has 0 heterocycles. The first-order valence-corrected chi connectivity index (χ1v) is 6.61. The van der Waals surface area contributed by atoms with Crippen LogP contribution >= 0.6 is 0 Å². The zero-order valence-electron chi connectivity index (χ0n) is 10.8. The Balaban J connectivity index is 1.92. The van der Waals surface area contributed by atoms with E-state index in [0.29, 0.717) is 23.7 Å². The van der Waals surface area contributed by atoms with Crippen LogP contribution in [0.2, 0.25) is 0 Å². The average molecular weight is 277 g/mol. The van der Waals surface area contributed by atoms with Crippen LogP contribution in [-0.4, -0.2) is 6.04 Å². The molecule has 20 heavy (non-hydrogen) atoms. The molecule has 0 bridgehead atoms. The monoisotopic (exact) mass is 277 g/mol. The molecule has 0 saturated heterocycles. The van der Waals surface area contributed by atoms with Crippen LogP contribution < -0.4 is 5.32 Å². The quantitative estimate of drug-likeness (QED) is 0.890. The predicted octanol–water partition coefficient (Wildman–Crippen LogP) is 4.02. The van der Waals surface area contributed by atoms with Crippen LogP contribution in [0.1, 0.15) is 18.4 Å². The highest BCUT2D eigenvalue weighted by molar-refractivity contribution is 5.65. The Kier molecular flexibility index (Phi) is 3.49. The van der Waals surface area contributed by atoms with Crippen molar-refractivity contribution in [2.24, 2.45) is 0 Å². The van der Waals surface area contributed by atoms with Crippen LogP contribution in [0.3, 0.4) is 0 Å². The van der Waals surface area contributed by atoms with E-state index in [4.69, 9.17) is 0 Å². The summed E-state index contributed by atoms with van der Waals surface area (Å²) in [6, 6.07) is 8.80. The van der Waals surface area contributed by atoms with E-state index in [1.165, 1.54) is 24.3 Å². The fraction of sp³-hybridized carbons (Fsp3) is 0.250. The Morgan fingerprint density at radius 1 is 1.00 bits per heavy atom. The van der Waals surface area contributed by atoms with Crippen molar-refractivity contribution in [2.45, 2.75) is 25.4 Å². The first kappa shape index (κ1) is 13.2. The van der Waals surface area contributed by atoms with Gasteiger partial charge in [0, 0.05) is 23.7 Å². The molecule has 0 spiro atoms. The molecule has 104 valence electrons. The zero-order chi connectivity index (χ0) is 14.1. The van der Waals surface area contributed by atoms with Crippen molar-refractivity contribution < 1.29 is 13.2 Å². The Hall–Kier alpha value is -1.81. The molecule has 0 atom stereocenters. The second-order valence-electron chi connectivity index (χ2n) is 5.06. The number of benzene rings is 2. The first-order valence-electron chi connectivity index (χ1n) is 6.61. The molecule has 0 unspecified atom stereocenters. The summed E-state index contributed by atoms with van der Waals surface area (Å²) < 4.78 is 40.7. The van der Waals surface area contributed by atoms with E-state index >= 15 is 0 Å². The third-order valence-electron chi connectivity index (χ3n) is 3.47. The zero-order valence-corrected chi connectivity index (χ0v) is 10.8. The van der Waals surface area contributed by atoms with Crippen molar-refractivity contribution in [2.75, 3.05) is 0 Å². The molecule has 1 N–H and O–H groups in total. The van der Waals surface area contributed by atoms with Crippen molar-refractivity contribution in [3.63, 3.8) is 0 Å². The molecule has 1 aliphatic carbocycles. The lowest BCUT2D eigenvalue weighted by atomic mass is 10.0. The molecule has 0 aliphatic heterocycles. The minimum atomic E-state index is -0.903. The molecule has 4 heteroatoms. The average Bonchev–Trinajstić information content (AvgIpc) is 3.25. The smallest absolute Gasteiger partial charge is 0.166 e. The van der Waals surface area contributed by atoms with Gasteiger partial charge in [0.1, 0.15) is 5.82 Å². The lowest BCUT2D eigenvalue weighted by Gasteiger charge is -2.09. The van der Waals surface area contributed by atoms with Gasteiger partial charge in [-0.2, -0.15) is 0 Å². The molecule has 3 rings (SSSR count). The molecular weight excluding hydrogens is 263 g/mol. The maximum Gasteiger partial charge on any atom is 0.166 e. The molecule has 1 fully saturated rings. The van der Waals surface area contributed by atoms with Gasteiger partial charge >= 0.3 is 0 Å². The molecule has 0 radical (unpaired) electrons. The fourth-order valence-electron chi connectivity index (χ4n) is 2.15. The molecular formula is C16H14F3N. The van der Waals surface area contributed by atoms with E-state index in [0.717, 1.165) is 18.9 Å². The van der Waals surface area contributed by atoms with Crippen molar-refractivity contribution in [3.05, 3.63) is 59.4 Å². The van der Waals surface area contributed by atoms with Crippen molar-refractivity contribution >= 4 is 0 Å². The van der Waals surface area contributed by atoms with Gasteiger partial charge < -0.3 is 5.32 Å². The SMILES string of the molecule is Fc1ccc(-c2cccc(F)c2F)cc1CNC1CC1. The van der Waals surface area contributed by atoms with Gasteiger partial charge in [-0.05, 0) is 36.6 Å². The Morgan fingerprint density at radius 2 is 1.80 bits per heavy atom. The third-order valence-corrected chi connectivity index (χ3v) is 3.47. The summed E-state index contributed by atoms with van der Waals surface area (Å²) in [5.41, 5.74) is 1.10. The summed E-state index contributed by atoms with van der Waals surface area (Å²) in [5, 5.41) is 3.21. The minimum Gasteiger partial charge on any atom is -0.310 e. The maximum absolute atomic E-state index is 13.8. The highest BCUT2D eigenvalue weighted by Crippen LogP contribution is 2.27. The highest BCUT2D eigenvalue weighted by atomic mass is 19.2. The largest absolute Gasteiger partial charge is 0.310 e. The summed E-state index contributed by atoms with van der Waals surface area (Å²) in [7, 11) is 0. The van der Waals surface area contributed by atoms with Gasteiger partial charge in [0.25, 0.3) is 0 Å². The van der Waals surface area contributed by atoms with E-state index in [1.807, 2.05) is 0 Å². The lowest BCUT2D eigenvalue weighted by Crippen LogP contribution is -2.16. The van der Waals surface area contributed by atoms with Gasteiger partial charge in [-0.15, -0.1) is 0 Å². The second-order valence-corrected chi connectivity index (χ2v) is 5.06. The van der Waals surface area contributed by atoms with Crippen molar-refractivity contribution in [3.8, 4) is 11.1 Å². The van der Waals surface area contributed by atoms with Crippen molar-refractivity contribution in [1.82, 2.24) is 5.32 Å². The van der Waals surface area contributed by atoms with E-state index in [1.54, 1.807) is 6.07 Å². The second kappa shape index (κ2) is 5.29. The van der Waals surface area contributed by atoms with Crippen LogP contribution in [0.4, 0.5) is 13.2 Å². The predicted molar refractivity (Wildman–Crippen MR) is 71.6 cm³/mol. The van der Waals surface area contributed by atoms with Crippen LogP contribution in [0.5, 0.6) is 0 Å². The molecule has 2 aromatic carbocycles. The van der Waals surface area contributed by atoms with E-state index in [-0.39, 0.29) is 11.4 Å². The molecule has 2 aromatic rings. The molecule has 1 saturated carbocycles. The third kappa shape index (κ3) is 2.70. The summed E-state index contributed by atoms with van der Waals surface area (Å²) in [6.45, 7) is 0.404. The van der Waals surface area contributed by atoms with E-state index < -0.39 is 11.6 Å². The van der Waals surface area contributed by atoms with Crippen LogP contribution in [0.15, 0.2) is 36.4 Å². The number of halogens is 3. The summed E-state index contributed by atoms with van der Waals surface area (Å²) in [5.74, 6) is -2.14. The normalized spacial score (nSPS) is 14.6. The van der Waals surface area contributed by atoms with E-state index in [9.17, 15) is 13.2 Å². The number of hydrogen-bond acceptors (Lipinski definition) is 1. The highest BCUT2D eigenvalue weighted by Gasteiger charge is 2.20. The van der Waals surface area contributed by atoms with Gasteiger partial charge in [-0.25, -0.2) is 13.2 Å². The number of rotatable bonds is 4. The number of hydrogen-bond donors (Lipinski definition) is 1. The Morgan fingerprint density at radius 3 is 2.55 bits per heavy atom. The molecule has 1 nitrogen and oxygen atoms in total. The molecule has 0 amide bonds. The van der Waals surface area contributed by atoms with Gasteiger partial charge in [0.2, 0.25) is 0 Å². The first-order chi connectivity index (χ1) is 9.65. The van der Waals surface area contributed by atoms with Gasteiger partial charge in [0.15, 0.2) is 11.6 Å². The minimum absolute atomic E-state index is 0.151. The standard InChI is InChI=1S/C16H14F3N/c17-14-7-4-10(8-11(14)9-20-12-5-6-12)13-2-1-3-15(18)16(13)19/h1-4,7-8,12,20H,5-6,9H2. The topological polar surface area (TPSA) is 12.0 Å². The van der Waals surface area contributed by atoms with Crippen LogP contribution in [0, 0.1) is 17.5 Å². The van der Waals surface area contributed by atoms with Gasteiger partial charge in [0.05, 0.1) is 0 Å². The lowest BCUT2D eigenvalue weighted by molar-refractivity contribution is 0.511. The Labute approximate surface area is 115 Å². The molecule has 1 aliphatic rings. The van der Waals surface area contributed by atoms with Crippen LogP contribution in [-0.2, 0) is 6.54 Å². The van der Waals surface area contributed by atoms with E-state index in [2.05, 4.69) is 5.32 Å². The van der Waals surface area contributed by atoms with Crippen LogP contribution in [0.25, 0.3) is 11.1 Å². The number of nitrogens with one attached hydrogen (secondary N) is 1. The van der Waals surface area contributed by atoms with Gasteiger partial charge in [-0.1, -0.05) is 18.2 Å². The van der Waals surface area contributed by atoms with Gasteiger partial charge in [-0.3, -0.25) is 0 Å². The Bertz CT molecular complexity index is 636. The summed E-state index contributed by atoms with van der Waals surface area (Å²) in [4.78, 5) is 0. The summed E-state index contributed by atoms with van der Waals surface area (Å²) >= 11 is 0.